The molecule has 2 aromatic carbocycles. The first kappa shape index (κ1) is 20.7. The van der Waals surface area contributed by atoms with E-state index in [4.69, 9.17) is 4.42 Å². The van der Waals surface area contributed by atoms with E-state index < -0.39 is 5.82 Å². The third-order valence-corrected chi connectivity index (χ3v) is 5.23. The van der Waals surface area contributed by atoms with Gasteiger partial charge < -0.3 is 14.2 Å². The molecule has 160 valence electrons. The van der Waals surface area contributed by atoms with E-state index >= 15 is 0 Å². The van der Waals surface area contributed by atoms with Crippen LogP contribution in [0.3, 0.4) is 0 Å². The van der Waals surface area contributed by atoms with Crippen LogP contribution in [0.2, 0.25) is 0 Å². The molecule has 0 unspecified atom stereocenters. The summed E-state index contributed by atoms with van der Waals surface area (Å²) < 4.78 is 32.1. The summed E-state index contributed by atoms with van der Waals surface area (Å²) in [4.78, 5) is 32.6. The number of carbonyl (C=O) groups is 2. The molecule has 1 aromatic heterocycles. The molecule has 1 aliphatic rings. The van der Waals surface area contributed by atoms with Crippen LogP contribution in [0.25, 0.3) is 11.3 Å². The van der Waals surface area contributed by atoms with Gasteiger partial charge in [-0.25, -0.2) is 13.8 Å². The fourth-order valence-electron chi connectivity index (χ4n) is 3.51. The lowest BCUT2D eigenvalue weighted by molar-refractivity contribution is -0.132. The van der Waals surface area contributed by atoms with E-state index in [1.807, 2.05) is 0 Å². The second kappa shape index (κ2) is 9.07. The summed E-state index contributed by atoms with van der Waals surface area (Å²) in [7, 11) is 0. The molecule has 8 heteroatoms. The topological polar surface area (TPSA) is 66.7 Å². The number of piperazine rings is 1. The van der Waals surface area contributed by atoms with Crippen LogP contribution < -0.4 is 0 Å². The maximum atomic E-state index is 13.3. The van der Waals surface area contributed by atoms with Crippen molar-refractivity contribution in [2.24, 2.45) is 0 Å². The lowest BCUT2D eigenvalue weighted by atomic mass is 10.1. The Morgan fingerprint density at radius 1 is 0.935 bits per heavy atom. The minimum Gasteiger partial charge on any atom is -0.441 e. The number of benzene rings is 2. The van der Waals surface area contributed by atoms with E-state index in [1.165, 1.54) is 30.3 Å². The van der Waals surface area contributed by atoms with Crippen LogP contribution in [0.1, 0.15) is 22.7 Å². The largest absolute Gasteiger partial charge is 0.441 e. The van der Waals surface area contributed by atoms with Crippen molar-refractivity contribution in [2.75, 3.05) is 26.2 Å². The molecular weight excluding hydrogens is 404 g/mol. The predicted molar refractivity (Wildman–Crippen MR) is 109 cm³/mol. The van der Waals surface area contributed by atoms with Gasteiger partial charge in [-0.05, 0) is 42.5 Å². The predicted octanol–water partition coefficient (Wildman–Crippen LogP) is 3.54. The van der Waals surface area contributed by atoms with Gasteiger partial charge in [0.2, 0.25) is 5.91 Å². The number of aromatic nitrogens is 1. The van der Waals surface area contributed by atoms with E-state index in [1.54, 1.807) is 34.2 Å². The molecule has 6 nitrogen and oxygen atoms in total. The van der Waals surface area contributed by atoms with Crippen LogP contribution in [0, 0.1) is 11.6 Å². The SMILES string of the molecule is O=C(CCc1ncc(-c2ccc(F)cc2)o1)N1CCN(C(=O)c2cccc(F)c2)CC1. The Bertz CT molecular complexity index is 1070. The molecule has 1 saturated heterocycles. The monoisotopic (exact) mass is 425 g/mol. The summed E-state index contributed by atoms with van der Waals surface area (Å²) in [5.74, 6) is -0.0980. The molecule has 4 rings (SSSR count). The average Bonchev–Trinajstić information content (AvgIpc) is 3.26. The molecule has 0 atom stereocenters. The first-order valence-electron chi connectivity index (χ1n) is 10.0. The van der Waals surface area contributed by atoms with Gasteiger partial charge in [0.05, 0.1) is 6.20 Å². The number of hydrogen-bond donors (Lipinski definition) is 0. The van der Waals surface area contributed by atoms with Gasteiger partial charge in [-0.2, -0.15) is 0 Å². The van der Waals surface area contributed by atoms with Gasteiger partial charge in [0, 0.05) is 50.1 Å². The molecule has 1 fully saturated rings. The number of amides is 2. The minimum absolute atomic E-state index is 0.0422. The van der Waals surface area contributed by atoms with Crippen molar-refractivity contribution in [3.63, 3.8) is 0 Å². The standard InChI is InChI=1S/C23H21F2N3O3/c24-18-6-4-16(5-7-18)20-15-26-21(31-20)8-9-22(29)27-10-12-28(13-11-27)23(30)17-2-1-3-19(25)14-17/h1-7,14-15H,8-13H2. The molecular formula is C23H21F2N3O3. The zero-order valence-corrected chi connectivity index (χ0v) is 16.8. The highest BCUT2D eigenvalue weighted by Gasteiger charge is 2.25. The van der Waals surface area contributed by atoms with Crippen molar-refractivity contribution in [3.05, 3.63) is 77.8 Å². The molecule has 0 aliphatic carbocycles. The number of aryl methyl sites for hydroxylation is 1. The summed E-state index contributed by atoms with van der Waals surface area (Å²) in [5.41, 5.74) is 1.02. The van der Waals surface area contributed by atoms with Gasteiger partial charge in [-0.15, -0.1) is 0 Å². The second-order valence-electron chi connectivity index (χ2n) is 7.31. The normalized spacial score (nSPS) is 14.0. The minimum atomic E-state index is -0.450. The van der Waals surface area contributed by atoms with Gasteiger partial charge in [-0.1, -0.05) is 6.07 Å². The summed E-state index contributed by atoms with van der Waals surface area (Å²) in [6.07, 6.45) is 2.15. The van der Waals surface area contributed by atoms with Crippen molar-refractivity contribution in [3.8, 4) is 11.3 Å². The number of oxazole rings is 1. The Labute approximate surface area is 178 Å². The first-order valence-corrected chi connectivity index (χ1v) is 10.0. The van der Waals surface area contributed by atoms with Crippen LogP contribution >= 0.6 is 0 Å². The Morgan fingerprint density at radius 3 is 2.35 bits per heavy atom. The van der Waals surface area contributed by atoms with E-state index in [0.717, 1.165) is 0 Å². The van der Waals surface area contributed by atoms with E-state index in [-0.39, 0.29) is 24.1 Å². The molecule has 0 spiro atoms. The second-order valence-corrected chi connectivity index (χ2v) is 7.31. The van der Waals surface area contributed by atoms with Crippen LogP contribution in [-0.4, -0.2) is 52.8 Å². The maximum absolute atomic E-state index is 13.3. The van der Waals surface area contributed by atoms with Crippen LogP contribution in [-0.2, 0) is 11.2 Å². The fourth-order valence-corrected chi connectivity index (χ4v) is 3.51. The van der Waals surface area contributed by atoms with E-state index in [2.05, 4.69) is 4.98 Å². The van der Waals surface area contributed by atoms with Crippen molar-refractivity contribution >= 4 is 11.8 Å². The molecule has 0 bridgehead atoms. The van der Waals surface area contributed by atoms with Gasteiger partial charge in [0.25, 0.3) is 5.91 Å². The van der Waals surface area contributed by atoms with Gasteiger partial charge in [0.15, 0.2) is 11.7 Å². The number of halogens is 2. The quantitative estimate of drug-likeness (QED) is 0.627. The highest BCUT2D eigenvalue weighted by Crippen LogP contribution is 2.21. The Hall–Kier alpha value is -3.55. The third kappa shape index (κ3) is 4.96. The molecule has 0 radical (unpaired) electrons. The molecule has 0 saturated carbocycles. The Kier molecular flexibility index (Phi) is 6.06. The first-order chi connectivity index (χ1) is 15.0. The van der Waals surface area contributed by atoms with Crippen molar-refractivity contribution in [1.29, 1.82) is 0 Å². The smallest absolute Gasteiger partial charge is 0.254 e. The number of carbonyl (C=O) groups excluding carboxylic acids is 2. The molecule has 0 N–H and O–H groups in total. The molecule has 31 heavy (non-hydrogen) atoms. The van der Waals surface area contributed by atoms with Gasteiger partial charge >= 0.3 is 0 Å². The Morgan fingerprint density at radius 2 is 1.65 bits per heavy atom. The van der Waals surface area contributed by atoms with Crippen LogP contribution in [0.5, 0.6) is 0 Å². The summed E-state index contributed by atoms with van der Waals surface area (Å²) in [6, 6.07) is 11.5. The van der Waals surface area contributed by atoms with Crippen LogP contribution in [0.15, 0.2) is 59.1 Å². The molecule has 1 aliphatic heterocycles. The number of nitrogens with zero attached hydrogens (tertiary/aromatic N) is 3. The zero-order valence-electron chi connectivity index (χ0n) is 16.8. The average molecular weight is 425 g/mol. The fraction of sp³-hybridized carbons (Fsp3) is 0.261. The zero-order chi connectivity index (χ0) is 21.8. The molecule has 3 aromatic rings. The van der Waals surface area contributed by atoms with Crippen LogP contribution in [0.4, 0.5) is 8.78 Å². The van der Waals surface area contributed by atoms with E-state index in [0.29, 0.717) is 55.4 Å². The number of rotatable bonds is 5. The summed E-state index contributed by atoms with van der Waals surface area (Å²) in [6.45, 7) is 1.64. The maximum Gasteiger partial charge on any atom is 0.254 e. The van der Waals surface area contributed by atoms with Crippen molar-refractivity contribution in [1.82, 2.24) is 14.8 Å². The van der Waals surface area contributed by atoms with Gasteiger partial charge in [0.1, 0.15) is 11.6 Å². The summed E-state index contributed by atoms with van der Waals surface area (Å²) in [5, 5.41) is 0. The Balaban J connectivity index is 1.27. The lowest BCUT2D eigenvalue weighted by Crippen LogP contribution is -2.50. The lowest BCUT2D eigenvalue weighted by Gasteiger charge is -2.34. The van der Waals surface area contributed by atoms with E-state index in [9.17, 15) is 18.4 Å². The highest BCUT2D eigenvalue weighted by atomic mass is 19.1. The summed E-state index contributed by atoms with van der Waals surface area (Å²) >= 11 is 0. The van der Waals surface area contributed by atoms with Gasteiger partial charge in [-0.3, -0.25) is 9.59 Å². The number of hydrogen-bond acceptors (Lipinski definition) is 4. The van der Waals surface area contributed by atoms with Crippen molar-refractivity contribution < 1.29 is 22.8 Å². The highest BCUT2D eigenvalue weighted by molar-refractivity contribution is 5.94. The van der Waals surface area contributed by atoms with Crippen molar-refractivity contribution in [2.45, 2.75) is 12.8 Å². The molecule has 2 heterocycles. The molecule has 2 amide bonds. The third-order valence-electron chi connectivity index (χ3n) is 5.23.